The summed E-state index contributed by atoms with van der Waals surface area (Å²) >= 11 is 0. The lowest BCUT2D eigenvalue weighted by Gasteiger charge is -2.53. The van der Waals surface area contributed by atoms with Crippen LogP contribution in [0.4, 0.5) is 0 Å². The molecule has 136 valence electrons. The second kappa shape index (κ2) is 5.20. The van der Waals surface area contributed by atoms with Crippen LogP contribution in [0.1, 0.15) is 57.1 Å². The van der Waals surface area contributed by atoms with Crippen molar-refractivity contribution in [3.8, 4) is 0 Å². The van der Waals surface area contributed by atoms with Crippen molar-refractivity contribution >= 4 is 27.7 Å². The van der Waals surface area contributed by atoms with Gasteiger partial charge >= 0.3 is 0 Å². The Bertz CT molecular complexity index is 1010. The van der Waals surface area contributed by atoms with Crippen LogP contribution in [0.3, 0.4) is 0 Å². The minimum Gasteiger partial charge on any atom is -0.345 e. The van der Waals surface area contributed by atoms with Crippen LogP contribution in [-0.2, 0) is 16.4 Å². The highest BCUT2D eigenvalue weighted by atomic mass is 32.2. The first-order chi connectivity index (χ1) is 12.7. The Morgan fingerprint density at radius 2 is 1.88 bits per heavy atom. The molecule has 2 N–H and O–H groups in total. The first kappa shape index (κ1) is 15.4. The molecule has 0 spiro atoms. The fraction of sp³-hybridized carbons (Fsp3) is 0.550. The molecular formula is C20H24N4OS. The summed E-state index contributed by atoms with van der Waals surface area (Å²) in [4.78, 5) is 7.77. The van der Waals surface area contributed by atoms with Crippen molar-refractivity contribution in [2.75, 3.05) is 0 Å². The second-order valence-corrected chi connectivity index (χ2v) is 10.1. The van der Waals surface area contributed by atoms with Crippen molar-refractivity contribution in [3.63, 3.8) is 0 Å². The number of nitrogens with one attached hydrogen (secondary N) is 2. The number of nitrogens with zero attached hydrogens (tertiary/aromatic N) is 2. The third kappa shape index (κ3) is 2.12. The quantitative estimate of drug-likeness (QED) is 0.739. The van der Waals surface area contributed by atoms with Crippen molar-refractivity contribution < 1.29 is 4.21 Å². The van der Waals surface area contributed by atoms with E-state index in [1.54, 1.807) is 0 Å². The molecule has 2 bridgehead atoms. The van der Waals surface area contributed by atoms with Crippen molar-refractivity contribution in [1.82, 2.24) is 19.1 Å². The topological polar surface area (TPSA) is 62.2 Å². The number of aromatic nitrogens is 3. The molecule has 3 aromatic rings. The van der Waals surface area contributed by atoms with Gasteiger partial charge in [-0.3, -0.25) is 0 Å². The predicted molar refractivity (Wildman–Crippen MR) is 103 cm³/mol. The van der Waals surface area contributed by atoms with Crippen LogP contribution < -0.4 is 4.72 Å². The molecule has 4 saturated carbocycles. The van der Waals surface area contributed by atoms with E-state index in [2.05, 4.69) is 37.3 Å². The zero-order chi connectivity index (χ0) is 17.4. The van der Waals surface area contributed by atoms with Crippen LogP contribution in [0.2, 0.25) is 0 Å². The first-order valence-corrected chi connectivity index (χ1v) is 11.0. The van der Waals surface area contributed by atoms with Gasteiger partial charge in [-0.1, -0.05) is 0 Å². The van der Waals surface area contributed by atoms with Gasteiger partial charge in [0.15, 0.2) is 5.65 Å². The maximum absolute atomic E-state index is 12.4. The smallest absolute Gasteiger partial charge is 0.154 e. The van der Waals surface area contributed by atoms with Gasteiger partial charge in [-0.25, -0.2) is 13.9 Å². The Hall–Kier alpha value is -1.66. The van der Waals surface area contributed by atoms with Gasteiger partial charge in [0.2, 0.25) is 0 Å². The molecule has 4 fully saturated rings. The van der Waals surface area contributed by atoms with Gasteiger partial charge in [-0.15, -0.1) is 0 Å². The molecule has 4 aliphatic carbocycles. The van der Waals surface area contributed by atoms with E-state index in [0.717, 1.165) is 37.8 Å². The Morgan fingerprint density at radius 1 is 1.12 bits per heavy atom. The number of H-pyrrole nitrogens is 1. The van der Waals surface area contributed by atoms with Gasteiger partial charge in [0.1, 0.15) is 0 Å². The minimum atomic E-state index is -0.826. The van der Waals surface area contributed by atoms with Gasteiger partial charge < -0.3 is 9.38 Å². The van der Waals surface area contributed by atoms with Crippen LogP contribution in [0.5, 0.6) is 0 Å². The predicted octanol–water partition coefficient (Wildman–Crippen LogP) is 3.58. The molecular weight excluding hydrogens is 344 g/mol. The van der Waals surface area contributed by atoms with E-state index in [4.69, 9.17) is 0 Å². The molecule has 0 radical (unpaired) electrons. The number of aromatic amines is 1. The van der Waals surface area contributed by atoms with E-state index < -0.39 is 11.0 Å². The normalized spacial score (nSPS) is 32.5. The fourth-order valence-electron chi connectivity index (χ4n) is 5.30. The van der Waals surface area contributed by atoms with E-state index in [-0.39, 0.29) is 11.0 Å². The summed E-state index contributed by atoms with van der Waals surface area (Å²) in [5.41, 5.74) is 5.12. The second-order valence-electron chi connectivity index (χ2n) is 8.61. The summed E-state index contributed by atoms with van der Waals surface area (Å²) in [7, 11) is -0.826. The highest BCUT2D eigenvalue weighted by molar-refractivity contribution is 7.84. The molecule has 6 heteroatoms. The fourth-order valence-corrected chi connectivity index (χ4v) is 6.77. The molecule has 1 atom stereocenters. The Morgan fingerprint density at radius 3 is 2.62 bits per heavy atom. The first-order valence-electron chi connectivity index (χ1n) is 9.81. The van der Waals surface area contributed by atoms with E-state index in [0.29, 0.717) is 5.25 Å². The third-order valence-electron chi connectivity index (χ3n) is 7.12. The molecule has 4 aliphatic rings. The van der Waals surface area contributed by atoms with Crippen molar-refractivity contribution in [1.29, 1.82) is 0 Å². The molecule has 26 heavy (non-hydrogen) atoms. The maximum Gasteiger partial charge on any atom is 0.154 e. The van der Waals surface area contributed by atoms with E-state index in [1.807, 2.05) is 12.4 Å². The van der Waals surface area contributed by atoms with Crippen LogP contribution in [0.15, 0.2) is 30.6 Å². The SMILES string of the molecule is O=S(NC12CCC(c3ccc4cnc5[nH]ccc5n34)(CC1)CC2)C1CC1. The lowest BCUT2D eigenvalue weighted by atomic mass is 9.56. The molecule has 0 aromatic carbocycles. The molecule has 3 heterocycles. The molecule has 3 aromatic heterocycles. The number of rotatable bonds is 4. The molecule has 7 rings (SSSR count). The lowest BCUT2D eigenvalue weighted by Crippen LogP contribution is -2.57. The van der Waals surface area contributed by atoms with Gasteiger partial charge in [0.25, 0.3) is 0 Å². The summed E-state index contributed by atoms with van der Waals surface area (Å²) in [5.74, 6) is 0. The Kier molecular flexibility index (Phi) is 3.08. The Labute approximate surface area is 155 Å². The number of hydrogen-bond donors (Lipinski definition) is 2. The molecule has 0 amide bonds. The molecule has 5 nitrogen and oxygen atoms in total. The summed E-state index contributed by atoms with van der Waals surface area (Å²) < 4.78 is 18.4. The van der Waals surface area contributed by atoms with Gasteiger partial charge in [-0.05, 0) is 69.6 Å². The van der Waals surface area contributed by atoms with Crippen LogP contribution in [0.25, 0.3) is 16.7 Å². The van der Waals surface area contributed by atoms with Crippen LogP contribution in [-0.4, -0.2) is 29.4 Å². The summed E-state index contributed by atoms with van der Waals surface area (Å²) in [6, 6.07) is 6.66. The van der Waals surface area contributed by atoms with Crippen molar-refractivity contribution in [2.45, 2.75) is 67.6 Å². The van der Waals surface area contributed by atoms with E-state index in [9.17, 15) is 4.21 Å². The van der Waals surface area contributed by atoms with Crippen LogP contribution >= 0.6 is 0 Å². The van der Waals surface area contributed by atoms with Gasteiger partial charge in [-0.2, -0.15) is 0 Å². The zero-order valence-corrected chi connectivity index (χ0v) is 15.6. The molecule has 0 aliphatic heterocycles. The highest BCUT2D eigenvalue weighted by Crippen LogP contribution is 2.54. The minimum absolute atomic E-state index is 0.118. The number of fused-ring (bicyclic) bond motifs is 6. The molecule has 1 unspecified atom stereocenters. The van der Waals surface area contributed by atoms with Crippen molar-refractivity contribution in [2.24, 2.45) is 0 Å². The zero-order valence-electron chi connectivity index (χ0n) is 14.8. The average Bonchev–Trinajstić information content (AvgIpc) is 3.25. The number of hydrogen-bond acceptors (Lipinski definition) is 2. The molecule has 0 saturated heterocycles. The van der Waals surface area contributed by atoms with Gasteiger partial charge in [0, 0.05) is 28.1 Å². The average molecular weight is 369 g/mol. The van der Waals surface area contributed by atoms with Gasteiger partial charge in [0.05, 0.1) is 28.2 Å². The summed E-state index contributed by atoms with van der Waals surface area (Å²) in [6.45, 7) is 0. The third-order valence-corrected chi connectivity index (χ3v) is 8.83. The monoisotopic (exact) mass is 368 g/mol. The summed E-state index contributed by atoms with van der Waals surface area (Å²) in [6.07, 6.45) is 13.2. The standard InChI is InChI=1S/C20H24N4OS/c25-26(15-2-3-15)23-20-9-6-19(7-10-20,8-11-20)17-4-1-14-13-22-18-16(24(14)17)5-12-21-18/h1,4-5,12-13,15,21,23H,2-3,6-11H2. The maximum atomic E-state index is 12.4. The summed E-state index contributed by atoms with van der Waals surface area (Å²) in [5, 5.41) is 0.418. The van der Waals surface area contributed by atoms with Crippen LogP contribution in [0, 0.1) is 0 Å². The van der Waals surface area contributed by atoms with E-state index >= 15 is 0 Å². The highest BCUT2D eigenvalue weighted by Gasteiger charge is 2.51. The largest absolute Gasteiger partial charge is 0.345 e. The Balaban J connectivity index is 1.36. The van der Waals surface area contributed by atoms with E-state index in [1.165, 1.54) is 36.0 Å². The lowest BCUT2D eigenvalue weighted by molar-refractivity contribution is 0.0927. The van der Waals surface area contributed by atoms with Crippen molar-refractivity contribution in [3.05, 3.63) is 36.3 Å².